The first-order chi connectivity index (χ1) is 17.5. The molecule has 10 nitrogen and oxygen atoms in total. The molecule has 2 aromatic heterocycles. The highest BCUT2D eigenvalue weighted by molar-refractivity contribution is 6.31. The molecule has 1 aliphatic rings. The van der Waals surface area contributed by atoms with Crippen molar-refractivity contribution in [3.8, 4) is 0 Å². The Morgan fingerprint density at radius 1 is 1.25 bits per heavy atom. The first-order valence-corrected chi connectivity index (χ1v) is 11.6. The molecule has 188 valence electrons. The fourth-order valence-corrected chi connectivity index (χ4v) is 3.96. The van der Waals surface area contributed by atoms with E-state index in [1.54, 1.807) is 35.4 Å². The second-order valence-electron chi connectivity index (χ2n) is 7.90. The largest absolute Gasteiger partial charge is 0.466 e. The van der Waals surface area contributed by atoms with Gasteiger partial charge in [0.2, 0.25) is 0 Å². The minimum absolute atomic E-state index is 0.0134. The number of nitrogens with zero attached hydrogens (tertiary/aromatic N) is 5. The topological polar surface area (TPSA) is 130 Å². The van der Waals surface area contributed by atoms with Crippen LogP contribution in [0.15, 0.2) is 65.2 Å². The van der Waals surface area contributed by atoms with Gasteiger partial charge in [-0.1, -0.05) is 22.9 Å². The number of amidine groups is 1. The molecule has 4 rings (SSSR count). The molecule has 0 spiro atoms. The van der Waals surface area contributed by atoms with Crippen LogP contribution in [0.2, 0.25) is 5.02 Å². The van der Waals surface area contributed by atoms with Crippen LogP contribution in [-0.4, -0.2) is 52.0 Å². The number of carbonyl (C=O) groups is 1. The third-order valence-electron chi connectivity index (χ3n) is 5.42. The fourth-order valence-electron chi connectivity index (χ4n) is 3.69. The number of esters is 1. The lowest BCUT2D eigenvalue weighted by molar-refractivity contribution is -0.136. The molecule has 1 aromatic carbocycles. The predicted molar refractivity (Wildman–Crippen MR) is 130 cm³/mol. The smallest absolute Gasteiger partial charge is 0.338 e. The highest BCUT2D eigenvalue weighted by Crippen LogP contribution is 2.36. The van der Waals surface area contributed by atoms with Crippen LogP contribution < -0.4 is 11.1 Å². The minimum Gasteiger partial charge on any atom is -0.466 e. The number of aromatic nitrogens is 4. The van der Waals surface area contributed by atoms with E-state index in [9.17, 15) is 9.18 Å². The standard InChI is InChI=1S/C24H25ClFN7O3/c1-35-24(34)21-20(14-36-13-17-12-33(32-31-17)10-2-7-27)29-23(15-5-8-28-9-6-15)30-22(21)18-4-3-16(26)11-19(18)25/h3-6,8-9,11-12,22H,2,7,10,13-14,27H2,1H3,(H,29,30). The summed E-state index contributed by atoms with van der Waals surface area (Å²) in [4.78, 5) is 21.7. The maximum absolute atomic E-state index is 13.8. The summed E-state index contributed by atoms with van der Waals surface area (Å²) in [5.41, 5.74) is 7.99. The van der Waals surface area contributed by atoms with E-state index in [4.69, 9.17) is 31.8 Å². The molecule has 0 aliphatic carbocycles. The Bertz CT molecular complexity index is 1280. The Morgan fingerprint density at radius 3 is 2.78 bits per heavy atom. The number of benzene rings is 1. The van der Waals surface area contributed by atoms with Gasteiger partial charge in [0.1, 0.15) is 23.4 Å². The fraction of sp³-hybridized carbons (Fsp3) is 0.292. The minimum atomic E-state index is -0.856. The SMILES string of the molecule is COC(=O)C1=C(COCc2cn(CCCN)nn2)NC(c2ccncc2)=NC1c1ccc(F)cc1Cl. The quantitative estimate of drug-likeness (QED) is 0.396. The monoisotopic (exact) mass is 513 g/mol. The molecule has 0 fully saturated rings. The molecule has 1 unspecified atom stereocenters. The number of methoxy groups -OCH3 is 1. The van der Waals surface area contributed by atoms with Gasteiger partial charge >= 0.3 is 5.97 Å². The van der Waals surface area contributed by atoms with Crippen LogP contribution in [-0.2, 0) is 27.4 Å². The van der Waals surface area contributed by atoms with Gasteiger partial charge in [0, 0.05) is 35.1 Å². The van der Waals surface area contributed by atoms with Crippen molar-refractivity contribution in [2.75, 3.05) is 20.3 Å². The highest BCUT2D eigenvalue weighted by Gasteiger charge is 2.33. The van der Waals surface area contributed by atoms with E-state index in [1.165, 1.54) is 25.3 Å². The summed E-state index contributed by atoms with van der Waals surface area (Å²) in [6, 6.07) is 6.64. The zero-order valence-corrected chi connectivity index (χ0v) is 20.3. The summed E-state index contributed by atoms with van der Waals surface area (Å²) in [6.45, 7) is 1.39. The van der Waals surface area contributed by atoms with Gasteiger partial charge in [-0.3, -0.25) is 14.7 Å². The Labute approximate surface area is 212 Å². The van der Waals surface area contributed by atoms with Crippen molar-refractivity contribution in [2.24, 2.45) is 10.7 Å². The maximum atomic E-state index is 13.8. The second-order valence-corrected chi connectivity index (χ2v) is 8.31. The zero-order chi connectivity index (χ0) is 25.5. The molecule has 1 aliphatic heterocycles. The first kappa shape index (κ1) is 25.4. The number of nitrogens with two attached hydrogens (primary N) is 1. The van der Waals surface area contributed by atoms with Crippen LogP contribution in [0.4, 0.5) is 4.39 Å². The normalized spacial score (nSPS) is 15.4. The Hall–Kier alpha value is -3.67. The molecule has 36 heavy (non-hydrogen) atoms. The zero-order valence-electron chi connectivity index (χ0n) is 19.5. The summed E-state index contributed by atoms with van der Waals surface area (Å²) in [5.74, 6) is -0.638. The van der Waals surface area contributed by atoms with Crippen molar-refractivity contribution in [3.05, 3.63) is 87.9 Å². The number of halogens is 2. The van der Waals surface area contributed by atoms with Crippen LogP contribution in [0.1, 0.15) is 29.3 Å². The predicted octanol–water partition coefficient (Wildman–Crippen LogP) is 2.55. The lowest BCUT2D eigenvalue weighted by Gasteiger charge is -2.28. The molecular weight excluding hydrogens is 489 g/mol. The van der Waals surface area contributed by atoms with Gasteiger partial charge in [0.25, 0.3) is 0 Å². The van der Waals surface area contributed by atoms with Crippen LogP contribution in [0.3, 0.4) is 0 Å². The lowest BCUT2D eigenvalue weighted by atomic mass is 9.95. The summed E-state index contributed by atoms with van der Waals surface area (Å²) < 4.78 is 26.4. The number of hydrogen-bond donors (Lipinski definition) is 2. The van der Waals surface area contributed by atoms with Crippen molar-refractivity contribution in [3.63, 3.8) is 0 Å². The molecular formula is C24H25ClFN7O3. The molecule has 1 atom stereocenters. The lowest BCUT2D eigenvalue weighted by Crippen LogP contribution is -2.35. The molecule has 3 heterocycles. The van der Waals surface area contributed by atoms with E-state index in [0.29, 0.717) is 35.9 Å². The van der Waals surface area contributed by atoms with E-state index < -0.39 is 17.8 Å². The van der Waals surface area contributed by atoms with E-state index in [0.717, 1.165) is 12.0 Å². The summed E-state index contributed by atoms with van der Waals surface area (Å²) in [6.07, 6.45) is 5.82. The van der Waals surface area contributed by atoms with Gasteiger partial charge in [-0.05, 0) is 37.2 Å². The Morgan fingerprint density at radius 2 is 2.06 bits per heavy atom. The Balaban J connectivity index is 1.65. The van der Waals surface area contributed by atoms with Gasteiger partial charge in [0.05, 0.1) is 37.8 Å². The molecule has 0 radical (unpaired) electrons. The van der Waals surface area contributed by atoms with E-state index in [-0.39, 0.29) is 23.8 Å². The van der Waals surface area contributed by atoms with Crippen molar-refractivity contribution >= 4 is 23.4 Å². The van der Waals surface area contributed by atoms with Crippen molar-refractivity contribution in [2.45, 2.75) is 25.6 Å². The number of nitrogens with one attached hydrogen (secondary N) is 1. The number of ether oxygens (including phenoxy) is 2. The van der Waals surface area contributed by atoms with Gasteiger partial charge in [-0.2, -0.15) is 0 Å². The summed E-state index contributed by atoms with van der Waals surface area (Å²) in [7, 11) is 1.28. The molecule has 12 heteroatoms. The third kappa shape index (κ3) is 5.93. The maximum Gasteiger partial charge on any atom is 0.338 e. The van der Waals surface area contributed by atoms with Crippen molar-refractivity contribution in [1.29, 1.82) is 0 Å². The second kappa shape index (κ2) is 11.8. The molecule has 3 aromatic rings. The van der Waals surface area contributed by atoms with Gasteiger partial charge < -0.3 is 20.5 Å². The number of pyridine rings is 1. The number of rotatable bonds is 10. The molecule has 0 saturated carbocycles. The van der Waals surface area contributed by atoms with E-state index >= 15 is 0 Å². The average molecular weight is 514 g/mol. The third-order valence-corrected chi connectivity index (χ3v) is 5.74. The Kier molecular flexibility index (Phi) is 8.36. The van der Waals surface area contributed by atoms with Crippen LogP contribution >= 0.6 is 11.6 Å². The number of carbonyl (C=O) groups excluding carboxylic acids is 1. The molecule has 0 amide bonds. The van der Waals surface area contributed by atoms with E-state index in [1.807, 2.05) is 0 Å². The highest BCUT2D eigenvalue weighted by atomic mass is 35.5. The number of aliphatic imine (C=N–C) groups is 1. The average Bonchev–Trinajstić information content (AvgIpc) is 3.34. The summed E-state index contributed by atoms with van der Waals surface area (Å²) in [5, 5.41) is 11.5. The molecule has 3 N–H and O–H groups in total. The number of hydrogen-bond acceptors (Lipinski definition) is 9. The van der Waals surface area contributed by atoms with Crippen LogP contribution in [0.25, 0.3) is 0 Å². The van der Waals surface area contributed by atoms with Crippen LogP contribution in [0.5, 0.6) is 0 Å². The molecule has 0 saturated heterocycles. The number of aryl methyl sites for hydroxylation is 1. The van der Waals surface area contributed by atoms with Gasteiger partial charge in [-0.25, -0.2) is 9.18 Å². The van der Waals surface area contributed by atoms with Crippen molar-refractivity contribution < 1.29 is 18.7 Å². The molecule has 0 bridgehead atoms. The summed E-state index contributed by atoms with van der Waals surface area (Å²) >= 11 is 6.37. The van der Waals surface area contributed by atoms with Crippen molar-refractivity contribution in [1.82, 2.24) is 25.3 Å². The van der Waals surface area contributed by atoms with Gasteiger partial charge in [0.15, 0.2) is 0 Å². The first-order valence-electron chi connectivity index (χ1n) is 11.2. The van der Waals surface area contributed by atoms with Gasteiger partial charge in [-0.15, -0.1) is 5.10 Å². The van der Waals surface area contributed by atoms with Crippen LogP contribution in [0, 0.1) is 5.82 Å². The van der Waals surface area contributed by atoms with E-state index in [2.05, 4.69) is 20.6 Å².